The van der Waals surface area contributed by atoms with Gasteiger partial charge in [0, 0.05) is 0 Å². The normalized spacial score (nSPS) is 10.0. The van der Waals surface area contributed by atoms with Crippen molar-refractivity contribution in [1.29, 1.82) is 5.26 Å². The van der Waals surface area contributed by atoms with Gasteiger partial charge in [-0.25, -0.2) is 0 Å². The number of hydrogen-bond donors (Lipinski definition) is 1. The number of halogens is 2. The number of thioether (sulfide) groups is 1. The molecule has 4 nitrogen and oxygen atoms in total. The van der Waals surface area contributed by atoms with Gasteiger partial charge in [0.25, 0.3) is 11.7 Å². The Hall–Kier alpha value is -1.55. The number of carbonyl (C=O) groups excluding carboxylic acids is 1. The molecule has 0 aliphatic heterocycles. The molecule has 0 unspecified atom stereocenters. The molecule has 1 aromatic heterocycles. The monoisotopic (exact) mass is 232 g/mol. The zero-order valence-corrected chi connectivity index (χ0v) is 8.18. The molecule has 0 aliphatic rings. The van der Waals surface area contributed by atoms with Crippen LogP contribution in [0.2, 0.25) is 0 Å². The number of hydrogen-bond acceptors (Lipinski definition) is 4. The Morgan fingerprint density at radius 3 is 3.00 bits per heavy atom. The summed E-state index contributed by atoms with van der Waals surface area (Å²) in [5.74, 6) is -2.99. The molecule has 0 saturated carbocycles. The highest BCUT2D eigenvalue weighted by Gasteiger charge is 2.11. The van der Waals surface area contributed by atoms with E-state index < -0.39 is 11.7 Å². The third kappa shape index (κ3) is 3.59. The van der Waals surface area contributed by atoms with E-state index in [0.29, 0.717) is 11.8 Å². The molecule has 1 rings (SSSR count). The summed E-state index contributed by atoms with van der Waals surface area (Å²) in [4.78, 5) is 11.0. The van der Waals surface area contributed by atoms with Crippen LogP contribution in [0, 0.1) is 11.5 Å². The van der Waals surface area contributed by atoms with Crippen molar-refractivity contribution in [3.05, 3.63) is 23.7 Å². The number of nitrogens with zero attached hydrogens (tertiary/aromatic N) is 1. The molecule has 80 valence electrons. The van der Waals surface area contributed by atoms with Gasteiger partial charge < -0.3 is 4.42 Å². The van der Waals surface area contributed by atoms with E-state index in [9.17, 15) is 13.6 Å². The Labute approximate surface area is 88.2 Å². The number of nitrogens with one attached hydrogen (secondary N) is 1. The van der Waals surface area contributed by atoms with Crippen molar-refractivity contribution < 1.29 is 18.0 Å². The molecule has 0 aliphatic carbocycles. The molecule has 0 fully saturated rings. The Balaban J connectivity index is 2.57. The van der Waals surface area contributed by atoms with Crippen LogP contribution in [0.1, 0.15) is 16.3 Å². The van der Waals surface area contributed by atoms with E-state index in [1.807, 2.05) is 5.32 Å². The maximum absolute atomic E-state index is 11.8. The van der Waals surface area contributed by atoms with Gasteiger partial charge in [0.05, 0.1) is 5.75 Å². The number of furan rings is 1. The van der Waals surface area contributed by atoms with Crippen LogP contribution in [0.5, 0.6) is 0 Å². The Bertz CT molecular complexity index is 386. The molecule has 0 spiro atoms. The lowest BCUT2D eigenvalue weighted by atomic mass is 10.4. The molecule has 1 heterocycles. The van der Waals surface area contributed by atoms with E-state index in [1.165, 1.54) is 18.3 Å². The van der Waals surface area contributed by atoms with Crippen LogP contribution in [0.15, 0.2) is 16.5 Å². The second-order valence-electron chi connectivity index (χ2n) is 2.40. The average Bonchev–Trinajstić information content (AvgIpc) is 2.63. The molecule has 0 bridgehead atoms. The third-order valence-electron chi connectivity index (χ3n) is 1.41. The molecule has 15 heavy (non-hydrogen) atoms. The van der Waals surface area contributed by atoms with Gasteiger partial charge in [-0.15, -0.1) is 0 Å². The minimum absolute atomic E-state index is 0.0164. The van der Waals surface area contributed by atoms with E-state index in [4.69, 9.17) is 9.68 Å². The number of carbonyl (C=O) groups is 1. The first-order valence-electron chi connectivity index (χ1n) is 3.81. The zero-order valence-electron chi connectivity index (χ0n) is 7.37. The lowest BCUT2D eigenvalue weighted by molar-refractivity contribution is 0.0944. The van der Waals surface area contributed by atoms with Gasteiger partial charge in [0.15, 0.2) is 12.0 Å². The van der Waals surface area contributed by atoms with E-state index in [0.717, 1.165) is 0 Å². The zero-order chi connectivity index (χ0) is 11.3. The van der Waals surface area contributed by atoms with Gasteiger partial charge in [-0.2, -0.15) is 14.0 Å². The topological polar surface area (TPSA) is 66.0 Å². The minimum Gasteiger partial charge on any atom is -0.455 e. The average molecular weight is 232 g/mol. The Kier molecular flexibility index (Phi) is 4.12. The van der Waals surface area contributed by atoms with Crippen LogP contribution >= 0.6 is 11.8 Å². The molecule has 7 heteroatoms. The predicted molar refractivity (Wildman–Crippen MR) is 49.1 cm³/mol. The number of nitriles is 1. The number of alkyl halides is 2. The highest BCUT2D eigenvalue weighted by atomic mass is 32.2. The first kappa shape index (κ1) is 11.5. The molecule has 0 atom stereocenters. The first-order valence-corrected chi connectivity index (χ1v) is 4.86. The summed E-state index contributed by atoms with van der Waals surface area (Å²) in [6.45, 7) is 0. The molecule has 0 aromatic carbocycles. The van der Waals surface area contributed by atoms with Crippen molar-refractivity contribution in [1.82, 2.24) is 5.32 Å². The lowest BCUT2D eigenvalue weighted by Gasteiger charge is -1.95. The van der Waals surface area contributed by atoms with Crippen molar-refractivity contribution >= 4 is 17.7 Å². The standard InChI is InChI=1S/C8H6F2N2O2S/c9-8(10)15-3-5-1-2-6(14-5)7(13)12-4-11/h1-2,8H,3H2,(H,12,13). The number of rotatable bonds is 4. The molecular weight excluding hydrogens is 226 g/mol. The van der Waals surface area contributed by atoms with Crippen LogP contribution in [-0.2, 0) is 5.75 Å². The summed E-state index contributed by atoms with van der Waals surface area (Å²) in [5.41, 5.74) is 0. The van der Waals surface area contributed by atoms with Gasteiger partial charge in [0.2, 0.25) is 0 Å². The second-order valence-corrected chi connectivity index (χ2v) is 3.38. The van der Waals surface area contributed by atoms with E-state index >= 15 is 0 Å². The summed E-state index contributed by atoms with van der Waals surface area (Å²) >= 11 is 0.399. The fraction of sp³-hybridized carbons (Fsp3) is 0.250. The second kappa shape index (κ2) is 5.36. The largest absolute Gasteiger partial charge is 0.455 e. The van der Waals surface area contributed by atoms with Gasteiger partial charge in [0.1, 0.15) is 5.76 Å². The summed E-state index contributed by atoms with van der Waals surface area (Å²) in [6, 6.07) is 2.75. The summed E-state index contributed by atoms with van der Waals surface area (Å²) in [5, 5.41) is 10.0. The minimum atomic E-state index is -2.48. The Morgan fingerprint density at radius 2 is 2.40 bits per heavy atom. The van der Waals surface area contributed by atoms with Crippen molar-refractivity contribution in [2.24, 2.45) is 0 Å². The maximum atomic E-state index is 11.8. The first-order chi connectivity index (χ1) is 7.13. The fourth-order valence-corrected chi connectivity index (χ4v) is 1.28. The fourth-order valence-electron chi connectivity index (χ4n) is 0.835. The highest BCUT2D eigenvalue weighted by Crippen LogP contribution is 2.21. The van der Waals surface area contributed by atoms with Crippen LogP contribution < -0.4 is 5.32 Å². The van der Waals surface area contributed by atoms with Gasteiger partial charge >= 0.3 is 0 Å². The highest BCUT2D eigenvalue weighted by molar-refractivity contribution is 7.98. The summed E-state index contributed by atoms with van der Waals surface area (Å²) in [6.07, 6.45) is 1.44. The van der Waals surface area contributed by atoms with E-state index in [2.05, 4.69) is 0 Å². The molecular formula is C8H6F2N2O2S. The quantitative estimate of drug-likeness (QED) is 0.636. The third-order valence-corrected chi connectivity index (χ3v) is 2.11. The van der Waals surface area contributed by atoms with Crippen molar-refractivity contribution in [2.75, 3.05) is 0 Å². The van der Waals surface area contributed by atoms with Crippen LogP contribution in [0.3, 0.4) is 0 Å². The molecule has 1 amide bonds. The molecule has 1 aromatic rings. The Morgan fingerprint density at radius 1 is 1.67 bits per heavy atom. The summed E-state index contributed by atoms with van der Waals surface area (Å²) < 4.78 is 28.5. The maximum Gasteiger partial charge on any atom is 0.299 e. The molecule has 0 saturated heterocycles. The van der Waals surface area contributed by atoms with Crippen LogP contribution in [0.4, 0.5) is 8.78 Å². The van der Waals surface area contributed by atoms with Gasteiger partial charge in [-0.1, -0.05) is 11.8 Å². The van der Waals surface area contributed by atoms with Crippen molar-refractivity contribution in [2.45, 2.75) is 11.5 Å². The smallest absolute Gasteiger partial charge is 0.299 e. The number of amides is 1. The SMILES string of the molecule is N#CNC(=O)c1ccc(CSC(F)F)o1. The predicted octanol–water partition coefficient (Wildman–Crippen LogP) is 1.95. The molecule has 0 radical (unpaired) electrons. The van der Waals surface area contributed by atoms with Crippen molar-refractivity contribution in [3.8, 4) is 6.19 Å². The van der Waals surface area contributed by atoms with Crippen LogP contribution in [-0.4, -0.2) is 11.7 Å². The van der Waals surface area contributed by atoms with E-state index in [-0.39, 0.29) is 17.3 Å². The summed E-state index contributed by atoms with van der Waals surface area (Å²) in [7, 11) is 0. The van der Waals surface area contributed by atoms with Gasteiger partial charge in [-0.3, -0.25) is 10.1 Å². The van der Waals surface area contributed by atoms with E-state index in [1.54, 1.807) is 0 Å². The van der Waals surface area contributed by atoms with Crippen molar-refractivity contribution in [3.63, 3.8) is 0 Å². The van der Waals surface area contributed by atoms with Crippen LogP contribution in [0.25, 0.3) is 0 Å². The lowest BCUT2D eigenvalue weighted by Crippen LogP contribution is -2.16. The molecule has 1 N–H and O–H groups in total. The van der Waals surface area contributed by atoms with Gasteiger partial charge in [-0.05, 0) is 12.1 Å².